The summed E-state index contributed by atoms with van der Waals surface area (Å²) in [5.41, 5.74) is 0. The number of imidazole rings is 1. The lowest BCUT2D eigenvalue weighted by Crippen LogP contribution is -2.40. The third kappa shape index (κ3) is 4.38. The Morgan fingerprint density at radius 1 is 1.25 bits per heavy atom. The number of methoxy groups -OCH3 is 1. The number of likely N-dealkylation sites (tertiary alicyclic amines) is 1. The minimum Gasteiger partial charge on any atom is -0.383 e. The zero-order chi connectivity index (χ0) is 16.8. The average molecular weight is 333 g/mol. The van der Waals surface area contributed by atoms with Gasteiger partial charge in [-0.05, 0) is 31.6 Å². The Balaban J connectivity index is 1.57. The van der Waals surface area contributed by atoms with Gasteiger partial charge in [-0.2, -0.15) is 0 Å². The second kappa shape index (κ2) is 8.65. The van der Waals surface area contributed by atoms with Gasteiger partial charge in [0, 0.05) is 51.5 Å². The molecule has 24 heavy (non-hydrogen) atoms. The first kappa shape index (κ1) is 17.5. The van der Waals surface area contributed by atoms with Gasteiger partial charge in [0.05, 0.1) is 6.61 Å². The molecule has 0 radical (unpaired) electrons. The first-order chi connectivity index (χ1) is 11.8. The van der Waals surface area contributed by atoms with Crippen LogP contribution in [0.15, 0.2) is 12.4 Å². The Labute approximate surface area is 145 Å². The van der Waals surface area contributed by atoms with E-state index in [1.54, 1.807) is 7.11 Å². The Kier molecular flexibility index (Phi) is 6.30. The molecule has 3 rings (SSSR count). The van der Waals surface area contributed by atoms with Crippen LogP contribution in [-0.4, -0.2) is 47.2 Å². The van der Waals surface area contributed by atoms with Gasteiger partial charge in [0.25, 0.3) is 0 Å². The summed E-state index contributed by atoms with van der Waals surface area (Å²) in [5.74, 6) is 2.46. The molecule has 1 aromatic heterocycles. The van der Waals surface area contributed by atoms with Crippen molar-refractivity contribution in [2.75, 3.05) is 26.8 Å². The standard InChI is InChI=1S/C19H31N3O2/c1-24-13-12-21-11-9-20-19(21)17-8-5-10-22(15-17)18(23)14-16-6-3-2-4-7-16/h9,11,16-17H,2-8,10,12-15H2,1H3/t17-/m1/s1. The van der Waals surface area contributed by atoms with Gasteiger partial charge in [-0.1, -0.05) is 19.3 Å². The van der Waals surface area contributed by atoms with Crippen molar-refractivity contribution in [3.05, 3.63) is 18.2 Å². The molecule has 1 aliphatic heterocycles. The number of carbonyl (C=O) groups excluding carboxylic acids is 1. The number of rotatable bonds is 6. The molecule has 1 saturated heterocycles. The first-order valence-corrected chi connectivity index (χ1v) is 9.55. The van der Waals surface area contributed by atoms with Crippen molar-refractivity contribution >= 4 is 5.91 Å². The molecule has 2 fully saturated rings. The molecule has 0 spiro atoms. The third-order valence-electron chi connectivity index (χ3n) is 5.61. The van der Waals surface area contributed by atoms with Gasteiger partial charge in [-0.3, -0.25) is 4.79 Å². The van der Waals surface area contributed by atoms with Crippen LogP contribution in [0.5, 0.6) is 0 Å². The Morgan fingerprint density at radius 2 is 2.08 bits per heavy atom. The molecule has 0 aromatic carbocycles. The lowest BCUT2D eigenvalue weighted by atomic mass is 9.86. The van der Waals surface area contributed by atoms with Crippen LogP contribution in [0.1, 0.15) is 63.1 Å². The van der Waals surface area contributed by atoms with Gasteiger partial charge in [0.1, 0.15) is 5.82 Å². The monoisotopic (exact) mass is 333 g/mol. The Bertz CT molecular complexity index is 522. The van der Waals surface area contributed by atoms with Crippen LogP contribution in [0.4, 0.5) is 0 Å². The van der Waals surface area contributed by atoms with Crippen LogP contribution in [0.2, 0.25) is 0 Å². The van der Waals surface area contributed by atoms with Crippen LogP contribution < -0.4 is 0 Å². The highest BCUT2D eigenvalue weighted by Gasteiger charge is 2.28. The summed E-state index contributed by atoms with van der Waals surface area (Å²) in [4.78, 5) is 19.4. The molecule has 2 heterocycles. The van der Waals surface area contributed by atoms with Gasteiger partial charge in [-0.15, -0.1) is 0 Å². The van der Waals surface area contributed by atoms with E-state index in [-0.39, 0.29) is 0 Å². The molecule has 1 atom stereocenters. The number of ether oxygens (including phenoxy) is 1. The molecule has 5 nitrogen and oxygen atoms in total. The maximum Gasteiger partial charge on any atom is 0.222 e. The van der Waals surface area contributed by atoms with Crippen molar-refractivity contribution in [2.24, 2.45) is 5.92 Å². The van der Waals surface area contributed by atoms with Gasteiger partial charge in [0.15, 0.2) is 0 Å². The van der Waals surface area contributed by atoms with E-state index in [0.29, 0.717) is 24.3 Å². The smallest absolute Gasteiger partial charge is 0.222 e. The summed E-state index contributed by atoms with van der Waals surface area (Å²) in [7, 11) is 1.73. The summed E-state index contributed by atoms with van der Waals surface area (Å²) in [6.07, 6.45) is 13.3. The predicted molar refractivity (Wildman–Crippen MR) is 93.9 cm³/mol. The summed E-state index contributed by atoms with van der Waals surface area (Å²) < 4.78 is 7.37. The van der Waals surface area contributed by atoms with E-state index in [1.807, 2.05) is 12.4 Å². The van der Waals surface area contributed by atoms with E-state index in [9.17, 15) is 4.79 Å². The third-order valence-corrected chi connectivity index (χ3v) is 5.61. The summed E-state index contributed by atoms with van der Waals surface area (Å²) >= 11 is 0. The van der Waals surface area contributed by atoms with E-state index >= 15 is 0 Å². The predicted octanol–water partition coefficient (Wildman–Crippen LogP) is 3.21. The SMILES string of the molecule is COCCn1ccnc1[C@@H]1CCCN(C(=O)CC2CCCCC2)C1. The maximum atomic E-state index is 12.7. The normalized spacial score (nSPS) is 22.7. The van der Waals surface area contributed by atoms with Crippen LogP contribution in [-0.2, 0) is 16.1 Å². The van der Waals surface area contributed by atoms with Crippen molar-refractivity contribution in [2.45, 2.75) is 63.8 Å². The van der Waals surface area contributed by atoms with Crippen LogP contribution in [0.3, 0.4) is 0 Å². The molecular formula is C19H31N3O2. The minimum atomic E-state index is 0.362. The number of hydrogen-bond donors (Lipinski definition) is 0. The minimum absolute atomic E-state index is 0.362. The fourth-order valence-corrected chi connectivity index (χ4v) is 4.24. The van der Waals surface area contributed by atoms with Crippen molar-refractivity contribution in [1.82, 2.24) is 14.5 Å². The highest BCUT2D eigenvalue weighted by atomic mass is 16.5. The molecule has 0 bridgehead atoms. The summed E-state index contributed by atoms with van der Waals surface area (Å²) in [6.45, 7) is 3.27. The van der Waals surface area contributed by atoms with Crippen LogP contribution in [0, 0.1) is 5.92 Å². The highest BCUT2D eigenvalue weighted by molar-refractivity contribution is 5.76. The lowest BCUT2D eigenvalue weighted by Gasteiger charge is -2.34. The molecule has 2 aliphatic rings. The van der Waals surface area contributed by atoms with E-state index in [0.717, 1.165) is 44.7 Å². The topological polar surface area (TPSA) is 47.4 Å². The largest absolute Gasteiger partial charge is 0.383 e. The van der Waals surface area contributed by atoms with Crippen molar-refractivity contribution in [1.29, 1.82) is 0 Å². The van der Waals surface area contributed by atoms with Crippen molar-refractivity contribution in [3.8, 4) is 0 Å². The average Bonchev–Trinajstić information content (AvgIpc) is 3.09. The van der Waals surface area contributed by atoms with Gasteiger partial charge < -0.3 is 14.2 Å². The summed E-state index contributed by atoms with van der Waals surface area (Å²) in [5, 5.41) is 0. The van der Waals surface area contributed by atoms with Gasteiger partial charge in [-0.25, -0.2) is 4.98 Å². The molecule has 134 valence electrons. The van der Waals surface area contributed by atoms with E-state index in [1.165, 1.54) is 32.1 Å². The number of nitrogens with zero attached hydrogens (tertiary/aromatic N) is 3. The number of carbonyl (C=O) groups is 1. The van der Waals surface area contributed by atoms with E-state index in [2.05, 4.69) is 14.5 Å². The lowest BCUT2D eigenvalue weighted by molar-refractivity contribution is -0.133. The highest BCUT2D eigenvalue weighted by Crippen LogP contribution is 2.30. The Hall–Kier alpha value is -1.36. The molecule has 0 unspecified atom stereocenters. The van der Waals surface area contributed by atoms with Crippen molar-refractivity contribution in [3.63, 3.8) is 0 Å². The second-order valence-electron chi connectivity index (χ2n) is 7.36. The molecule has 1 aliphatic carbocycles. The fourth-order valence-electron chi connectivity index (χ4n) is 4.24. The molecule has 1 aromatic rings. The van der Waals surface area contributed by atoms with E-state index in [4.69, 9.17) is 4.74 Å². The second-order valence-corrected chi connectivity index (χ2v) is 7.36. The molecular weight excluding hydrogens is 302 g/mol. The zero-order valence-electron chi connectivity index (χ0n) is 15.0. The van der Waals surface area contributed by atoms with Crippen LogP contribution in [0.25, 0.3) is 0 Å². The molecule has 1 amide bonds. The summed E-state index contributed by atoms with van der Waals surface area (Å²) in [6, 6.07) is 0. The molecule has 5 heteroatoms. The molecule has 0 N–H and O–H groups in total. The van der Waals surface area contributed by atoms with E-state index < -0.39 is 0 Å². The number of hydrogen-bond acceptors (Lipinski definition) is 3. The van der Waals surface area contributed by atoms with Gasteiger partial charge >= 0.3 is 0 Å². The fraction of sp³-hybridized carbons (Fsp3) is 0.789. The van der Waals surface area contributed by atoms with Gasteiger partial charge in [0.2, 0.25) is 5.91 Å². The molecule has 1 saturated carbocycles. The number of aromatic nitrogens is 2. The zero-order valence-corrected chi connectivity index (χ0v) is 15.0. The van der Waals surface area contributed by atoms with Crippen LogP contribution >= 0.6 is 0 Å². The quantitative estimate of drug-likeness (QED) is 0.803. The maximum absolute atomic E-state index is 12.7. The Morgan fingerprint density at radius 3 is 2.88 bits per heavy atom. The van der Waals surface area contributed by atoms with Crippen molar-refractivity contribution < 1.29 is 9.53 Å². The number of amides is 1. The first-order valence-electron chi connectivity index (χ1n) is 9.55. The number of piperidine rings is 1.